The molecule has 0 atom stereocenters. The van der Waals surface area contributed by atoms with Gasteiger partial charge in [-0.1, -0.05) is 6.07 Å². The first-order valence-corrected chi connectivity index (χ1v) is 8.46. The zero-order valence-electron chi connectivity index (χ0n) is 14.1. The van der Waals surface area contributed by atoms with Crippen LogP contribution in [-0.2, 0) is 0 Å². The van der Waals surface area contributed by atoms with Crippen LogP contribution >= 0.6 is 0 Å². The summed E-state index contributed by atoms with van der Waals surface area (Å²) in [4.78, 5) is 24.2. The summed E-state index contributed by atoms with van der Waals surface area (Å²) in [6.45, 7) is 0. The number of benzene rings is 2. The molecule has 0 bridgehead atoms. The molecule has 5 rings (SSSR count). The van der Waals surface area contributed by atoms with Crippen LogP contribution in [0.2, 0.25) is 0 Å². The summed E-state index contributed by atoms with van der Waals surface area (Å²) in [5, 5.41) is 3.97. The molecule has 0 saturated heterocycles. The van der Waals surface area contributed by atoms with Crippen LogP contribution in [0.4, 0.5) is 5.69 Å². The Labute approximate surface area is 153 Å². The van der Waals surface area contributed by atoms with Crippen LogP contribution in [0.5, 0.6) is 0 Å². The van der Waals surface area contributed by atoms with Gasteiger partial charge < -0.3 is 14.7 Å². The maximum absolute atomic E-state index is 12.6. The summed E-state index contributed by atoms with van der Waals surface area (Å²) in [5.41, 5.74) is 4.35. The van der Waals surface area contributed by atoms with E-state index in [4.69, 9.17) is 4.42 Å². The molecule has 0 aliphatic carbocycles. The maximum atomic E-state index is 12.6. The van der Waals surface area contributed by atoms with E-state index in [1.807, 2.05) is 48.7 Å². The number of anilines is 1. The molecule has 0 aliphatic heterocycles. The number of fused-ring (bicyclic) bond motifs is 2. The first kappa shape index (κ1) is 15.3. The average molecular weight is 354 g/mol. The SMILES string of the molecule is O=C(Nc1ccc2nc(-c3ccncc3)oc2c1)c1ccc2cc[nH]c2c1. The number of nitrogens with zero attached hydrogens (tertiary/aromatic N) is 2. The van der Waals surface area contributed by atoms with Crippen LogP contribution in [0, 0.1) is 0 Å². The fourth-order valence-electron chi connectivity index (χ4n) is 3.01. The van der Waals surface area contributed by atoms with Crippen molar-refractivity contribution in [3.63, 3.8) is 0 Å². The van der Waals surface area contributed by atoms with Gasteiger partial charge in [0.25, 0.3) is 5.91 Å². The van der Waals surface area contributed by atoms with Gasteiger partial charge in [0.05, 0.1) is 0 Å². The van der Waals surface area contributed by atoms with Crippen molar-refractivity contribution in [2.24, 2.45) is 0 Å². The second-order valence-corrected chi connectivity index (χ2v) is 6.17. The van der Waals surface area contributed by atoms with Crippen LogP contribution in [0.1, 0.15) is 10.4 Å². The van der Waals surface area contributed by atoms with E-state index in [0.29, 0.717) is 22.7 Å². The van der Waals surface area contributed by atoms with Crippen molar-refractivity contribution in [3.8, 4) is 11.5 Å². The Morgan fingerprint density at radius 1 is 1.00 bits per heavy atom. The molecule has 27 heavy (non-hydrogen) atoms. The third-order valence-electron chi connectivity index (χ3n) is 4.39. The molecule has 0 fully saturated rings. The van der Waals surface area contributed by atoms with Gasteiger partial charge in [0, 0.05) is 47.0 Å². The minimum Gasteiger partial charge on any atom is -0.436 e. The molecule has 0 saturated carbocycles. The highest BCUT2D eigenvalue weighted by atomic mass is 16.3. The summed E-state index contributed by atoms with van der Waals surface area (Å²) in [5.74, 6) is 0.341. The van der Waals surface area contributed by atoms with Gasteiger partial charge in [-0.25, -0.2) is 4.98 Å². The molecule has 3 aromatic heterocycles. The summed E-state index contributed by atoms with van der Waals surface area (Å²) in [6.07, 6.45) is 5.23. The van der Waals surface area contributed by atoms with E-state index in [9.17, 15) is 4.79 Å². The van der Waals surface area contributed by atoms with Crippen molar-refractivity contribution in [1.29, 1.82) is 0 Å². The highest BCUT2D eigenvalue weighted by Crippen LogP contribution is 2.26. The Morgan fingerprint density at radius 2 is 1.89 bits per heavy atom. The molecule has 6 heteroatoms. The quantitative estimate of drug-likeness (QED) is 0.495. The number of carbonyl (C=O) groups is 1. The highest BCUT2D eigenvalue weighted by molar-refractivity contribution is 6.06. The number of aromatic nitrogens is 3. The largest absolute Gasteiger partial charge is 0.436 e. The van der Waals surface area contributed by atoms with E-state index in [-0.39, 0.29) is 5.91 Å². The third-order valence-corrected chi connectivity index (χ3v) is 4.39. The van der Waals surface area contributed by atoms with Crippen molar-refractivity contribution in [3.05, 3.63) is 78.8 Å². The highest BCUT2D eigenvalue weighted by Gasteiger charge is 2.11. The molecule has 0 unspecified atom stereocenters. The van der Waals surface area contributed by atoms with Gasteiger partial charge in [0.1, 0.15) is 5.52 Å². The van der Waals surface area contributed by atoms with Crippen LogP contribution in [0.3, 0.4) is 0 Å². The van der Waals surface area contributed by atoms with Crippen LogP contribution in [-0.4, -0.2) is 20.9 Å². The van der Waals surface area contributed by atoms with Crippen molar-refractivity contribution >= 4 is 33.6 Å². The van der Waals surface area contributed by atoms with Gasteiger partial charge in [0.2, 0.25) is 5.89 Å². The van der Waals surface area contributed by atoms with Gasteiger partial charge in [-0.05, 0) is 47.9 Å². The molecule has 6 nitrogen and oxygen atoms in total. The maximum Gasteiger partial charge on any atom is 0.255 e. The fraction of sp³-hybridized carbons (Fsp3) is 0. The van der Waals surface area contributed by atoms with Gasteiger partial charge in [-0.3, -0.25) is 9.78 Å². The molecule has 2 aromatic carbocycles. The summed E-state index contributed by atoms with van der Waals surface area (Å²) >= 11 is 0. The van der Waals surface area contributed by atoms with Gasteiger partial charge in [-0.2, -0.15) is 0 Å². The summed E-state index contributed by atoms with van der Waals surface area (Å²) in [6, 6.07) is 16.6. The van der Waals surface area contributed by atoms with Crippen LogP contribution in [0.15, 0.2) is 77.6 Å². The fourth-order valence-corrected chi connectivity index (χ4v) is 3.01. The monoisotopic (exact) mass is 354 g/mol. The summed E-state index contributed by atoms with van der Waals surface area (Å²) in [7, 11) is 0. The van der Waals surface area contributed by atoms with Gasteiger partial charge in [-0.15, -0.1) is 0 Å². The molecular weight excluding hydrogens is 340 g/mol. The topological polar surface area (TPSA) is 83.8 Å². The van der Waals surface area contributed by atoms with Crippen molar-refractivity contribution in [2.75, 3.05) is 5.32 Å². The molecule has 3 heterocycles. The standard InChI is InChI=1S/C21H14N4O2/c26-20(15-2-1-13-7-10-23-18(13)11-15)24-16-3-4-17-19(12-16)27-21(25-17)14-5-8-22-9-6-14/h1-12,23H,(H,24,26). The summed E-state index contributed by atoms with van der Waals surface area (Å²) < 4.78 is 5.83. The Kier molecular flexibility index (Phi) is 3.47. The van der Waals surface area contributed by atoms with Crippen molar-refractivity contribution in [1.82, 2.24) is 15.0 Å². The number of oxazole rings is 1. The van der Waals surface area contributed by atoms with Crippen LogP contribution in [0.25, 0.3) is 33.5 Å². The minimum atomic E-state index is -0.181. The number of pyridine rings is 1. The number of amides is 1. The first-order chi connectivity index (χ1) is 13.3. The number of hydrogen-bond donors (Lipinski definition) is 2. The van der Waals surface area contributed by atoms with Crippen molar-refractivity contribution in [2.45, 2.75) is 0 Å². The zero-order valence-corrected chi connectivity index (χ0v) is 14.1. The number of carbonyl (C=O) groups excluding carboxylic acids is 1. The lowest BCUT2D eigenvalue weighted by molar-refractivity contribution is 0.102. The Morgan fingerprint density at radius 3 is 2.78 bits per heavy atom. The first-order valence-electron chi connectivity index (χ1n) is 8.46. The lowest BCUT2D eigenvalue weighted by atomic mass is 10.1. The lowest BCUT2D eigenvalue weighted by Gasteiger charge is -2.05. The number of aromatic amines is 1. The van der Waals surface area contributed by atoms with E-state index in [1.54, 1.807) is 24.5 Å². The van der Waals surface area contributed by atoms with Gasteiger partial charge >= 0.3 is 0 Å². The molecular formula is C21H14N4O2. The van der Waals surface area contributed by atoms with Gasteiger partial charge in [0.15, 0.2) is 5.58 Å². The van der Waals surface area contributed by atoms with E-state index in [1.165, 1.54) is 0 Å². The molecule has 130 valence electrons. The lowest BCUT2D eigenvalue weighted by Crippen LogP contribution is -2.11. The predicted octanol–water partition coefficient (Wildman–Crippen LogP) is 4.62. The predicted molar refractivity (Wildman–Crippen MR) is 103 cm³/mol. The number of rotatable bonds is 3. The number of H-pyrrole nitrogens is 1. The Hall–Kier alpha value is -3.93. The van der Waals surface area contributed by atoms with E-state index in [2.05, 4.69) is 20.3 Å². The smallest absolute Gasteiger partial charge is 0.255 e. The number of hydrogen-bond acceptors (Lipinski definition) is 4. The molecule has 0 radical (unpaired) electrons. The zero-order chi connectivity index (χ0) is 18.2. The third kappa shape index (κ3) is 2.83. The second-order valence-electron chi connectivity index (χ2n) is 6.17. The van der Waals surface area contributed by atoms with E-state index in [0.717, 1.165) is 22.0 Å². The molecule has 0 aliphatic rings. The average Bonchev–Trinajstić information content (AvgIpc) is 3.34. The Bertz CT molecular complexity index is 1270. The molecule has 1 amide bonds. The molecule has 0 spiro atoms. The molecule has 2 N–H and O–H groups in total. The van der Waals surface area contributed by atoms with Crippen LogP contribution < -0.4 is 5.32 Å². The number of nitrogens with one attached hydrogen (secondary N) is 2. The Balaban J connectivity index is 1.43. The normalized spacial score (nSPS) is 11.1. The molecule has 5 aromatic rings. The van der Waals surface area contributed by atoms with E-state index < -0.39 is 0 Å². The minimum absolute atomic E-state index is 0.181. The second kappa shape index (κ2) is 6.10. The van der Waals surface area contributed by atoms with Crippen molar-refractivity contribution < 1.29 is 9.21 Å². The van der Waals surface area contributed by atoms with E-state index >= 15 is 0 Å².